The lowest BCUT2D eigenvalue weighted by Crippen LogP contribution is -2.31. The monoisotopic (exact) mass is 260 g/mol. The Balaban J connectivity index is 2.85. The van der Waals surface area contributed by atoms with Crippen LogP contribution in [0.5, 0.6) is 0 Å². The summed E-state index contributed by atoms with van der Waals surface area (Å²) in [5.41, 5.74) is 0.662. The number of anilines is 1. The van der Waals surface area contributed by atoms with Crippen LogP contribution in [-0.4, -0.2) is 48.6 Å². The minimum absolute atomic E-state index is 0.0173. The van der Waals surface area contributed by atoms with E-state index in [0.29, 0.717) is 36.1 Å². The topological polar surface area (TPSA) is 65.8 Å². The van der Waals surface area contributed by atoms with Gasteiger partial charge in [-0.3, -0.25) is 0 Å². The highest BCUT2D eigenvalue weighted by Gasteiger charge is 2.11. The Hall–Kier alpha value is -0.880. The molecule has 0 atom stereocenters. The summed E-state index contributed by atoms with van der Waals surface area (Å²) in [7, 11) is 1.61. The standard InChI is InChI=1S/C11H17ClN2O3/c1-17-5-3-14(2-4-15)11-10(12)6-9(8-16)7-13-11/h6-7,15-16H,2-5,8H2,1H3. The van der Waals surface area contributed by atoms with E-state index in [1.54, 1.807) is 19.4 Å². The molecule has 2 N–H and O–H groups in total. The number of rotatable bonds is 7. The molecule has 0 saturated heterocycles. The average molecular weight is 261 g/mol. The smallest absolute Gasteiger partial charge is 0.147 e. The maximum Gasteiger partial charge on any atom is 0.147 e. The van der Waals surface area contributed by atoms with Crippen molar-refractivity contribution in [1.29, 1.82) is 0 Å². The number of methoxy groups -OCH3 is 1. The predicted octanol–water partition coefficient (Wildman–Crippen LogP) is 0.672. The van der Waals surface area contributed by atoms with Gasteiger partial charge in [0.1, 0.15) is 5.82 Å². The molecule has 0 amide bonds. The van der Waals surface area contributed by atoms with Gasteiger partial charge in [0, 0.05) is 26.4 Å². The van der Waals surface area contributed by atoms with Crippen molar-refractivity contribution >= 4 is 17.4 Å². The van der Waals surface area contributed by atoms with Crippen molar-refractivity contribution < 1.29 is 14.9 Å². The van der Waals surface area contributed by atoms with Crippen LogP contribution in [0.3, 0.4) is 0 Å². The quantitative estimate of drug-likeness (QED) is 0.755. The van der Waals surface area contributed by atoms with Gasteiger partial charge in [-0.05, 0) is 11.6 Å². The molecule has 0 fully saturated rings. The Morgan fingerprint density at radius 1 is 1.41 bits per heavy atom. The van der Waals surface area contributed by atoms with Crippen LogP contribution < -0.4 is 4.90 Å². The van der Waals surface area contributed by atoms with E-state index in [0.717, 1.165) is 0 Å². The largest absolute Gasteiger partial charge is 0.395 e. The van der Waals surface area contributed by atoms with E-state index in [-0.39, 0.29) is 13.2 Å². The normalized spacial score (nSPS) is 10.6. The van der Waals surface area contributed by atoms with Crippen LogP contribution >= 0.6 is 11.6 Å². The SMILES string of the molecule is COCCN(CCO)c1ncc(CO)cc1Cl. The molecule has 0 radical (unpaired) electrons. The number of hydrogen-bond donors (Lipinski definition) is 2. The fourth-order valence-corrected chi connectivity index (χ4v) is 1.74. The number of hydrogen-bond acceptors (Lipinski definition) is 5. The van der Waals surface area contributed by atoms with Crippen molar-refractivity contribution in [2.24, 2.45) is 0 Å². The molecule has 0 saturated carbocycles. The summed E-state index contributed by atoms with van der Waals surface area (Å²) in [6, 6.07) is 1.67. The van der Waals surface area contributed by atoms with Crippen molar-refractivity contribution in [2.75, 3.05) is 38.3 Å². The van der Waals surface area contributed by atoms with Crippen LogP contribution in [0, 0.1) is 0 Å². The van der Waals surface area contributed by atoms with Gasteiger partial charge in [-0.25, -0.2) is 4.98 Å². The lowest BCUT2D eigenvalue weighted by Gasteiger charge is -2.23. The van der Waals surface area contributed by atoms with E-state index < -0.39 is 0 Å². The van der Waals surface area contributed by atoms with Crippen molar-refractivity contribution in [3.63, 3.8) is 0 Å². The third kappa shape index (κ3) is 4.12. The zero-order valence-corrected chi connectivity index (χ0v) is 10.5. The molecule has 0 bridgehead atoms. The fourth-order valence-electron chi connectivity index (χ4n) is 1.44. The van der Waals surface area contributed by atoms with Crippen molar-refractivity contribution in [1.82, 2.24) is 4.98 Å². The number of aromatic nitrogens is 1. The third-order valence-electron chi connectivity index (χ3n) is 2.30. The number of halogens is 1. The molecule has 6 heteroatoms. The van der Waals surface area contributed by atoms with E-state index in [2.05, 4.69) is 4.98 Å². The van der Waals surface area contributed by atoms with E-state index in [9.17, 15) is 0 Å². The molecule has 0 aliphatic carbocycles. The average Bonchev–Trinajstić information content (AvgIpc) is 2.34. The first-order valence-electron chi connectivity index (χ1n) is 5.33. The van der Waals surface area contributed by atoms with Gasteiger partial charge in [-0.1, -0.05) is 11.6 Å². The molecule has 0 aliphatic rings. The Morgan fingerprint density at radius 3 is 2.71 bits per heavy atom. The van der Waals surface area contributed by atoms with Gasteiger partial charge in [-0.2, -0.15) is 0 Å². The molecular formula is C11H17ClN2O3. The second-order valence-corrected chi connectivity index (χ2v) is 3.92. The van der Waals surface area contributed by atoms with Crippen LogP contribution in [-0.2, 0) is 11.3 Å². The number of aliphatic hydroxyl groups is 2. The number of nitrogens with zero attached hydrogens (tertiary/aromatic N) is 2. The molecule has 1 aromatic heterocycles. The van der Waals surface area contributed by atoms with Crippen molar-refractivity contribution in [2.45, 2.75) is 6.61 Å². The Bertz CT molecular complexity index is 349. The van der Waals surface area contributed by atoms with Gasteiger partial charge in [0.2, 0.25) is 0 Å². The summed E-state index contributed by atoms with van der Waals surface area (Å²) in [4.78, 5) is 6.03. The molecule has 17 heavy (non-hydrogen) atoms. The van der Waals surface area contributed by atoms with Crippen LogP contribution in [0.1, 0.15) is 5.56 Å². The van der Waals surface area contributed by atoms with Crippen LogP contribution in [0.15, 0.2) is 12.3 Å². The van der Waals surface area contributed by atoms with Gasteiger partial charge in [0.25, 0.3) is 0 Å². The van der Waals surface area contributed by atoms with E-state index in [4.69, 9.17) is 26.6 Å². The number of ether oxygens (including phenoxy) is 1. The summed E-state index contributed by atoms with van der Waals surface area (Å²) in [6.45, 7) is 1.49. The van der Waals surface area contributed by atoms with Gasteiger partial charge in [0.15, 0.2) is 0 Å². The van der Waals surface area contributed by atoms with Gasteiger partial charge < -0.3 is 19.8 Å². The number of pyridine rings is 1. The van der Waals surface area contributed by atoms with Crippen molar-refractivity contribution in [3.05, 3.63) is 22.8 Å². The molecule has 0 spiro atoms. The van der Waals surface area contributed by atoms with E-state index in [1.165, 1.54) is 0 Å². The Morgan fingerprint density at radius 2 is 2.18 bits per heavy atom. The third-order valence-corrected chi connectivity index (χ3v) is 2.57. The lowest BCUT2D eigenvalue weighted by molar-refractivity contribution is 0.202. The molecule has 0 unspecified atom stereocenters. The molecule has 0 aliphatic heterocycles. The fraction of sp³-hybridized carbons (Fsp3) is 0.545. The van der Waals surface area contributed by atoms with E-state index in [1.807, 2.05) is 4.90 Å². The summed E-state index contributed by atoms with van der Waals surface area (Å²) in [6.07, 6.45) is 1.57. The first-order chi connectivity index (χ1) is 8.22. The lowest BCUT2D eigenvalue weighted by atomic mass is 10.3. The Labute approximate surface area is 106 Å². The van der Waals surface area contributed by atoms with Crippen LogP contribution in [0.25, 0.3) is 0 Å². The summed E-state index contributed by atoms with van der Waals surface area (Å²) >= 11 is 6.08. The molecule has 5 nitrogen and oxygen atoms in total. The zero-order chi connectivity index (χ0) is 12.7. The summed E-state index contributed by atoms with van der Waals surface area (Å²) in [5.74, 6) is 0.593. The molecule has 1 heterocycles. The minimum atomic E-state index is -0.0922. The van der Waals surface area contributed by atoms with Crippen LogP contribution in [0.4, 0.5) is 5.82 Å². The molecule has 96 valence electrons. The Kier molecular flexibility index (Phi) is 6.21. The molecule has 1 rings (SSSR count). The van der Waals surface area contributed by atoms with Gasteiger partial charge in [-0.15, -0.1) is 0 Å². The minimum Gasteiger partial charge on any atom is -0.395 e. The highest BCUT2D eigenvalue weighted by molar-refractivity contribution is 6.33. The second-order valence-electron chi connectivity index (χ2n) is 3.51. The molecule has 0 aromatic carbocycles. The highest BCUT2D eigenvalue weighted by Crippen LogP contribution is 2.23. The summed E-state index contributed by atoms with van der Waals surface area (Å²) in [5, 5.41) is 18.4. The van der Waals surface area contributed by atoms with Gasteiger partial charge in [0.05, 0.1) is 24.8 Å². The zero-order valence-electron chi connectivity index (χ0n) is 9.77. The summed E-state index contributed by atoms with van der Waals surface area (Å²) < 4.78 is 4.99. The number of aliphatic hydroxyl groups excluding tert-OH is 2. The second kappa shape index (κ2) is 7.45. The maximum absolute atomic E-state index is 9.00. The first kappa shape index (κ1) is 14.2. The van der Waals surface area contributed by atoms with Gasteiger partial charge >= 0.3 is 0 Å². The predicted molar refractivity (Wildman–Crippen MR) is 66.3 cm³/mol. The maximum atomic E-state index is 9.00. The van der Waals surface area contributed by atoms with E-state index >= 15 is 0 Å². The first-order valence-corrected chi connectivity index (χ1v) is 5.70. The van der Waals surface area contributed by atoms with Crippen LogP contribution in [0.2, 0.25) is 5.02 Å². The van der Waals surface area contributed by atoms with Crippen molar-refractivity contribution in [3.8, 4) is 0 Å². The molecule has 1 aromatic rings. The molecular weight excluding hydrogens is 244 g/mol. The highest BCUT2D eigenvalue weighted by atomic mass is 35.5.